The van der Waals surface area contributed by atoms with Crippen molar-refractivity contribution in [3.63, 3.8) is 0 Å². The molecule has 0 radical (unpaired) electrons. The molecule has 3 aromatic rings. The molecule has 0 fully saturated rings. The molecule has 1 atom stereocenters. The number of hydrogen-bond donors (Lipinski definition) is 0. The van der Waals surface area contributed by atoms with E-state index in [0.29, 0.717) is 6.42 Å². The summed E-state index contributed by atoms with van der Waals surface area (Å²) >= 11 is 3.57. The SMILES string of the molecule is COC(Cc1cccc(Br)c1)O[Si](c1ccccc1)(c1ccccc1)C(C)(C)C. The summed E-state index contributed by atoms with van der Waals surface area (Å²) in [6.07, 6.45) is 0.357. The van der Waals surface area contributed by atoms with Gasteiger partial charge >= 0.3 is 0 Å². The van der Waals surface area contributed by atoms with Crippen LogP contribution in [0, 0.1) is 0 Å². The smallest absolute Gasteiger partial charge is 0.264 e. The average Bonchev–Trinajstić information content (AvgIpc) is 2.71. The highest BCUT2D eigenvalue weighted by Crippen LogP contribution is 2.38. The van der Waals surface area contributed by atoms with Crippen LogP contribution >= 0.6 is 15.9 Å². The molecule has 0 saturated carbocycles. The van der Waals surface area contributed by atoms with E-state index in [9.17, 15) is 0 Å². The zero-order valence-corrected chi connectivity index (χ0v) is 20.1. The van der Waals surface area contributed by atoms with Gasteiger partial charge in [-0.1, -0.05) is 109 Å². The van der Waals surface area contributed by atoms with Gasteiger partial charge in [0, 0.05) is 18.0 Å². The van der Waals surface area contributed by atoms with Gasteiger partial charge in [-0.3, -0.25) is 0 Å². The minimum Gasteiger partial charge on any atom is -0.382 e. The van der Waals surface area contributed by atoms with Crippen molar-refractivity contribution < 1.29 is 9.16 Å². The van der Waals surface area contributed by atoms with Gasteiger partial charge in [-0.05, 0) is 33.1 Å². The van der Waals surface area contributed by atoms with Gasteiger partial charge in [-0.25, -0.2) is 0 Å². The molecule has 0 aliphatic carbocycles. The molecule has 2 nitrogen and oxygen atoms in total. The highest BCUT2D eigenvalue weighted by atomic mass is 79.9. The van der Waals surface area contributed by atoms with Gasteiger partial charge in [-0.15, -0.1) is 0 Å². The van der Waals surface area contributed by atoms with Crippen molar-refractivity contribution >= 4 is 34.6 Å². The highest BCUT2D eigenvalue weighted by molar-refractivity contribution is 9.10. The lowest BCUT2D eigenvalue weighted by atomic mass is 10.1. The molecule has 0 amide bonds. The Kier molecular flexibility index (Phi) is 7.12. The molecule has 29 heavy (non-hydrogen) atoms. The van der Waals surface area contributed by atoms with E-state index >= 15 is 0 Å². The summed E-state index contributed by atoms with van der Waals surface area (Å²) in [6, 6.07) is 29.7. The van der Waals surface area contributed by atoms with Crippen molar-refractivity contribution in [2.24, 2.45) is 0 Å². The summed E-state index contributed by atoms with van der Waals surface area (Å²) in [4.78, 5) is 0. The standard InChI is InChI=1S/C25H29BrO2Si/c1-25(2,3)29(22-14-7-5-8-15-22,23-16-9-6-10-17-23)28-24(27-4)19-20-12-11-13-21(26)18-20/h5-18,24H,19H2,1-4H3. The number of benzene rings is 3. The second kappa shape index (κ2) is 9.39. The first-order valence-corrected chi connectivity index (χ1v) is 12.6. The van der Waals surface area contributed by atoms with E-state index in [-0.39, 0.29) is 11.3 Å². The molecule has 152 valence electrons. The molecule has 0 aliphatic rings. The zero-order valence-electron chi connectivity index (χ0n) is 17.6. The Balaban J connectivity index is 2.09. The van der Waals surface area contributed by atoms with E-state index < -0.39 is 8.32 Å². The summed E-state index contributed by atoms with van der Waals surface area (Å²) in [7, 11) is -0.901. The molecule has 0 aromatic heterocycles. The van der Waals surface area contributed by atoms with Crippen LogP contribution in [0.2, 0.25) is 5.04 Å². The van der Waals surface area contributed by atoms with Gasteiger partial charge in [0.25, 0.3) is 8.32 Å². The average molecular weight is 469 g/mol. The fourth-order valence-corrected chi connectivity index (χ4v) is 8.95. The summed E-state index contributed by atoms with van der Waals surface area (Å²) in [5, 5.41) is 2.44. The van der Waals surface area contributed by atoms with Gasteiger partial charge in [0.1, 0.15) is 0 Å². The largest absolute Gasteiger partial charge is 0.382 e. The van der Waals surface area contributed by atoms with Crippen LogP contribution < -0.4 is 10.4 Å². The van der Waals surface area contributed by atoms with E-state index in [2.05, 4.69) is 116 Å². The molecule has 0 spiro atoms. The number of hydrogen-bond acceptors (Lipinski definition) is 2. The molecule has 0 N–H and O–H groups in total. The van der Waals surface area contributed by atoms with Crippen molar-refractivity contribution in [2.45, 2.75) is 38.5 Å². The molecular weight excluding hydrogens is 440 g/mol. The van der Waals surface area contributed by atoms with E-state index in [1.165, 1.54) is 15.9 Å². The van der Waals surface area contributed by atoms with Gasteiger partial charge in [-0.2, -0.15) is 0 Å². The predicted octanol–water partition coefficient (Wildman–Crippen LogP) is 5.54. The van der Waals surface area contributed by atoms with Crippen LogP contribution in [0.25, 0.3) is 0 Å². The van der Waals surface area contributed by atoms with E-state index in [0.717, 1.165) is 4.47 Å². The Morgan fingerprint density at radius 2 is 1.38 bits per heavy atom. The summed E-state index contributed by atoms with van der Waals surface area (Å²) in [6.45, 7) is 6.85. The van der Waals surface area contributed by atoms with Crippen molar-refractivity contribution in [3.8, 4) is 0 Å². The summed E-state index contributed by atoms with van der Waals surface area (Å²) < 4.78 is 14.0. The fraction of sp³-hybridized carbons (Fsp3) is 0.280. The Morgan fingerprint density at radius 1 is 0.828 bits per heavy atom. The van der Waals surface area contributed by atoms with Crippen LogP contribution in [0.5, 0.6) is 0 Å². The molecule has 0 bridgehead atoms. The third-order valence-electron chi connectivity index (χ3n) is 5.28. The van der Waals surface area contributed by atoms with Gasteiger partial charge in [0.2, 0.25) is 0 Å². The quantitative estimate of drug-likeness (QED) is 0.334. The third-order valence-corrected chi connectivity index (χ3v) is 10.8. The normalized spacial score (nSPS) is 13.3. The van der Waals surface area contributed by atoms with Crippen molar-refractivity contribution in [1.29, 1.82) is 0 Å². The first-order chi connectivity index (χ1) is 13.9. The van der Waals surface area contributed by atoms with Crippen LogP contribution in [0.3, 0.4) is 0 Å². The minimum atomic E-state index is -2.64. The molecule has 0 aliphatic heterocycles. The van der Waals surface area contributed by atoms with Crippen LogP contribution in [0.4, 0.5) is 0 Å². The Bertz CT molecular complexity index is 867. The van der Waals surface area contributed by atoms with E-state index in [4.69, 9.17) is 9.16 Å². The first kappa shape index (κ1) is 22.0. The van der Waals surface area contributed by atoms with E-state index in [1.54, 1.807) is 7.11 Å². The summed E-state index contributed by atoms with van der Waals surface area (Å²) in [5.74, 6) is 0. The van der Waals surface area contributed by atoms with Crippen molar-refractivity contribution in [1.82, 2.24) is 0 Å². The van der Waals surface area contributed by atoms with Crippen LogP contribution in [-0.4, -0.2) is 21.7 Å². The first-order valence-electron chi connectivity index (χ1n) is 9.93. The van der Waals surface area contributed by atoms with Gasteiger partial charge in [0.15, 0.2) is 6.29 Å². The van der Waals surface area contributed by atoms with Crippen molar-refractivity contribution in [2.75, 3.05) is 7.11 Å². The predicted molar refractivity (Wildman–Crippen MR) is 127 cm³/mol. The number of halogens is 1. The Labute approximate surface area is 184 Å². The lowest BCUT2D eigenvalue weighted by molar-refractivity contribution is -0.0589. The number of rotatable bonds is 7. The lowest BCUT2D eigenvalue weighted by Gasteiger charge is -2.44. The molecule has 3 aromatic carbocycles. The second-order valence-corrected chi connectivity index (χ2v) is 13.4. The highest BCUT2D eigenvalue weighted by Gasteiger charge is 2.51. The molecule has 1 unspecified atom stereocenters. The Morgan fingerprint density at radius 3 is 1.83 bits per heavy atom. The minimum absolute atomic E-state index is 0.0796. The van der Waals surface area contributed by atoms with Crippen LogP contribution in [-0.2, 0) is 15.6 Å². The topological polar surface area (TPSA) is 18.5 Å². The fourth-order valence-electron chi connectivity index (χ4n) is 3.92. The lowest BCUT2D eigenvalue weighted by Crippen LogP contribution is -2.68. The second-order valence-electron chi connectivity index (χ2n) is 8.28. The molecular formula is C25H29BrO2Si. The van der Waals surface area contributed by atoms with Gasteiger partial charge in [0.05, 0.1) is 0 Å². The Hall–Kier alpha value is -1.72. The van der Waals surface area contributed by atoms with Crippen LogP contribution in [0.15, 0.2) is 89.4 Å². The maximum atomic E-state index is 7.07. The monoisotopic (exact) mass is 468 g/mol. The third kappa shape index (κ3) is 4.89. The maximum Gasteiger partial charge on any atom is 0.264 e. The maximum absolute atomic E-state index is 7.07. The molecule has 3 rings (SSSR count). The van der Waals surface area contributed by atoms with E-state index in [1.807, 2.05) is 6.07 Å². The van der Waals surface area contributed by atoms with Crippen LogP contribution in [0.1, 0.15) is 26.3 Å². The zero-order chi connectivity index (χ0) is 20.9. The molecule has 0 heterocycles. The van der Waals surface area contributed by atoms with Gasteiger partial charge < -0.3 is 9.16 Å². The number of methoxy groups -OCH3 is 1. The molecule has 0 saturated heterocycles. The number of ether oxygens (including phenoxy) is 1. The summed E-state index contributed by atoms with van der Waals surface area (Å²) in [5.41, 5.74) is 1.18. The van der Waals surface area contributed by atoms with Crippen molar-refractivity contribution in [3.05, 3.63) is 95.0 Å². The molecule has 4 heteroatoms.